The molecule has 31 heavy (non-hydrogen) atoms. The van der Waals surface area contributed by atoms with Crippen molar-refractivity contribution in [2.24, 2.45) is 5.73 Å². The molecule has 0 aliphatic carbocycles. The topological polar surface area (TPSA) is 48.0 Å². The third-order valence-corrected chi connectivity index (χ3v) is 5.64. The SMILES string of the molecule is NC(=O)c1cccc2c1c1ccc(-c3ccccc3)cc1n2Cc1c(F)cccc1F. The molecule has 0 spiro atoms. The molecule has 0 unspecified atom stereocenters. The molecule has 1 amide bonds. The molecule has 2 N–H and O–H groups in total. The Morgan fingerprint density at radius 3 is 2.19 bits per heavy atom. The van der Waals surface area contributed by atoms with Crippen molar-refractivity contribution in [2.75, 3.05) is 0 Å². The molecule has 5 heteroatoms. The molecule has 0 saturated carbocycles. The van der Waals surface area contributed by atoms with Crippen LogP contribution in [0.15, 0.2) is 84.9 Å². The second kappa shape index (κ2) is 7.36. The van der Waals surface area contributed by atoms with Gasteiger partial charge in [-0.2, -0.15) is 0 Å². The number of rotatable bonds is 4. The van der Waals surface area contributed by atoms with Crippen molar-refractivity contribution in [1.29, 1.82) is 0 Å². The van der Waals surface area contributed by atoms with Gasteiger partial charge in [0.15, 0.2) is 0 Å². The Labute approximate surface area is 177 Å². The molecular formula is C26H18F2N2O. The van der Waals surface area contributed by atoms with Gasteiger partial charge >= 0.3 is 0 Å². The molecule has 1 heterocycles. The molecule has 0 bridgehead atoms. The predicted octanol–water partition coefficient (Wildman–Crippen LogP) is 5.89. The summed E-state index contributed by atoms with van der Waals surface area (Å²) in [5.74, 6) is -1.77. The predicted molar refractivity (Wildman–Crippen MR) is 119 cm³/mol. The van der Waals surface area contributed by atoms with Crippen molar-refractivity contribution < 1.29 is 13.6 Å². The molecule has 0 fully saturated rings. The van der Waals surface area contributed by atoms with E-state index in [2.05, 4.69) is 0 Å². The van der Waals surface area contributed by atoms with E-state index < -0.39 is 17.5 Å². The van der Waals surface area contributed by atoms with Gasteiger partial charge in [0, 0.05) is 21.9 Å². The highest BCUT2D eigenvalue weighted by molar-refractivity contribution is 6.18. The number of carbonyl (C=O) groups excluding carboxylic acids is 1. The van der Waals surface area contributed by atoms with Gasteiger partial charge in [-0.25, -0.2) is 8.78 Å². The number of benzene rings is 4. The summed E-state index contributed by atoms with van der Waals surface area (Å²) in [5, 5.41) is 1.49. The lowest BCUT2D eigenvalue weighted by molar-refractivity contribution is 0.100. The molecule has 5 aromatic rings. The lowest BCUT2D eigenvalue weighted by Crippen LogP contribution is -2.11. The summed E-state index contributed by atoms with van der Waals surface area (Å²) in [6.45, 7) is -0.0149. The fraction of sp³-hybridized carbons (Fsp3) is 0.0385. The number of aromatic nitrogens is 1. The van der Waals surface area contributed by atoms with Gasteiger partial charge in [-0.3, -0.25) is 4.79 Å². The van der Waals surface area contributed by atoms with Crippen LogP contribution >= 0.6 is 0 Å². The number of carbonyl (C=O) groups is 1. The second-order valence-corrected chi connectivity index (χ2v) is 7.45. The average molecular weight is 412 g/mol. The first-order chi connectivity index (χ1) is 15.0. The number of primary amides is 1. The van der Waals surface area contributed by atoms with Crippen LogP contribution in [0.25, 0.3) is 32.9 Å². The number of halogens is 2. The smallest absolute Gasteiger partial charge is 0.249 e. The molecule has 4 aromatic carbocycles. The molecule has 0 saturated heterocycles. The van der Waals surface area contributed by atoms with E-state index in [1.54, 1.807) is 12.1 Å². The highest BCUT2D eigenvalue weighted by Crippen LogP contribution is 2.35. The van der Waals surface area contributed by atoms with Crippen molar-refractivity contribution in [2.45, 2.75) is 6.54 Å². The van der Waals surface area contributed by atoms with Gasteiger partial charge in [0.2, 0.25) is 5.91 Å². The summed E-state index contributed by atoms with van der Waals surface area (Å²) in [6, 6.07) is 24.8. The van der Waals surface area contributed by atoms with Crippen molar-refractivity contribution in [3.05, 3.63) is 108 Å². The normalized spacial score (nSPS) is 11.3. The van der Waals surface area contributed by atoms with E-state index in [9.17, 15) is 13.6 Å². The van der Waals surface area contributed by atoms with Crippen LogP contribution < -0.4 is 5.73 Å². The van der Waals surface area contributed by atoms with Crippen LogP contribution in [-0.4, -0.2) is 10.5 Å². The largest absolute Gasteiger partial charge is 0.366 e. The maximum Gasteiger partial charge on any atom is 0.249 e. The Morgan fingerprint density at radius 2 is 1.48 bits per heavy atom. The van der Waals surface area contributed by atoms with Crippen LogP contribution in [0.2, 0.25) is 0 Å². The number of amides is 1. The molecule has 1 aromatic heterocycles. The summed E-state index contributed by atoms with van der Waals surface area (Å²) in [4.78, 5) is 12.1. The first-order valence-corrected chi connectivity index (χ1v) is 9.87. The van der Waals surface area contributed by atoms with E-state index >= 15 is 0 Å². The van der Waals surface area contributed by atoms with Crippen LogP contribution in [0.3, 0.4) is 0 Å². The number of hydrogen-bond donors (Lipinski definition) is 1. The standard InChI is InChI=1S/C26H18F2N2O/c27-21-9-5-10-22(28)20(21)15-30-23-11-4-8-19(26(29)31)25(23)18-13-12-17(14-24(18)30)16-6-2-1-3-7-16/h1-14H,15H2,(H2,29,31). The van der Waals surface area contributed by atoms with Gasteiger partial charge in [-0.15, -0.1) is 0 Å². The van der Waals surface area contributed by atoms with E-state index in [0.717, 1.165) is 22.0 Å². The second-order valence-electron chi connectivity index (χ2n) is 7.45. The Bertz CT molecular complexity index is 1440. The van der Waals surface area contributed by atoms with Crippen molar-refractivity contribution in [3.63, 3.8) is 0 Å². The zero-order valence-corrected chi connectivity index (χ0v) is 16.5. The molecule has 0 atom stereocenters. The monoisotopic (exact) mass is 412 g/mol. The molecule has 0 aliphatic heterocycles. The fourth-order valence-corrected chi connectivity index (χ4v) is 4.17. The third-order valence-electron chi connectivity index (χ3n) is 5.64. The fourth-order valence-electron chi connectivity index (χ4n) is 4.17. The molecule has 3 nitrogen and oxygen atoms in total. The maximum absolute atomic E-state index is 14.5. The minimum atomic E-state index is -0.611. The van der Waals surface area contributed by atoms with Crippen molar-refractivity contribution in [1.82, 2.24) is 4.57 Å². The maximum atomic E-state index is 14.5. The summed E-state index contributed by atoms with van der Waals surface area (Å²) in [5.41, 5.74) is 9.43. The molecule has 0 radical (unpaired) electrons. The van der Waals surface area contributed by atoms with E-state index in [0.29, 0.717) is 16.5 Å². The Balaban J connectivity index is 1.84. The van der Waals surface area contributed by atoms with Gasteiger partial charge in [0.1, 0.15) is 11.6 Å². The quantitative estimate of drug-likeness (QED) is 0.393. The number of fused-ring (bicyclic) bond motifs is 3. The van der Waals surface area contributed by atoms with Gasteiger partial charge in [0.25, 0.3) is 0 Å². The molecule has 152 valence electrons. The Kier molecular flexibility index (Phi) is 4.51. The first kappa shape index (κ1) is 19.0. The zero-order valence-electron chi connectivity index (χ0n) is 16.5. The minimum absolute atomic E-state index is 0.0149. The summed E-state index contributed by atoms with van der Waals surface area (Å²) < 4.78 is 30.8. The van der Waals surface area contributed by atoms with Crippen LogP contribution in [-0.2, 0) is 6.54 Å². The van der Waals surface area contributed by atoms with E-state index in [1.165, 1.54) is 18.2 Å². The number of hydrogen-bond acceptors (Lipinski definition) is 1. The minimum Gasteiger partial charge on any atom is -0.366 e. The Hall–Kier alpha value is -3.99. The van der Waals surface area contributed by atoms with Crippen LogP contribution in [0.4, 0.5) is 8.78 Å². The lowest BCUT2D eigenvalue weighted by Gasteiger charge is -2.11. The molecule has 0 aliphatic rings. The number of nitrogens with two attached hydrogens (primary N) is 1. The lowest BCUT2D eigenvalue weighted by atomic mass is 10.0. The molecule has 5 rings (SSSR count). The van der Waals surface area contributed by atoms with Crippen molar-refractivity contribution >= 4 is 27.7 Å². The number of nitrogens with zero attached hydrogens (tertiary/aromatic N) is 1. The van der Waals surface area contributed by atoms with Gasteiger partial charge in [-0.1, -0.05) is 54.6 Å². The van der Waals surface area contributed by atoms with E-state index in [-0.39, 0.29) is 12.1 Å². The highest BCUT2D eigenvalue weighted by atomic mass is 19.1. The summed E-state index contributed by atoms with van der Waals surface area (Å²) >= 11 is 0. The van der Waals surface area contributed by atoms with Crippen LogP contribution in [0.1, 0.15) is 15.9 Å². The van der Waals surface area contributed by atoms with Gasteiger partial charge < -0.3 is 10.3 Å². The first-order valence-electron chi connectivity index (χ1n) is 9.87. The van der Waals surface area contributed by atoms with E-state index in [4.69, 9.17) is 5.73 Å². The van der Waals surface area contributed by atoms with Crippen LogP contribution in [0.5, 0.6) is 0 Å². The summed E-state index contributed by atoms with van der Waals surface area (Å²) in [7, 11) is 0. The van der Waals surface area contributed by atoms with Gasteiger partial charge in [-0.05, 0) is 41.5 Å². The van der Waals surface area contributed by atoms with Gasteiger partial charge in [0.05, 0.1) is 17.6 Å². The third kappa shape index (κ3) is 3.15. The highest BCUT2D eigenvalue weighted by Gasteiger charge is 2.19. The van der Waals surface area contributed by atoms with Crippen LogP contribution in [0, 0.1) is 11.6 Å². The summed E-state index contributed by atoms with van der Waals surface area (Å²) in [6.07, 6.45) is 0. The van der Waals surface area contributed by atoms with Crippen molar-refractivity contribution in [3.8, 4) is 11.1 Å². The average Bonchev–Trinajstić information content (AvgIpc) is 3.10. The Morgan fingerprint density at radius 1 is 0.774 bits per heavy atom. The zero-order chi connectivity index (χ0) is 21.5. The molecular weight excluding hydrogens is 394 g/mol. The van der Waals surface area contributed by atoms with E-state index in [1.807, 2.05) is 59.2 Å².